The Bertz CT molecular complexity index is 503. The molecule has 0 amide bonds. The van der Waals surface area contributed by atoms with Crippen LogP contribution in [0.4, 0.5) is 0 Å². The zero-order chi connectivity index (χ0) is 12.3. The van der Waals surface area contributed by atoms with Gasteiger partial charge in [-0.25, -0.2) is 0 Å². The highest BCUT2D eigenvalue weighted by Crippen LogP contribution is 2.25. The van der Waals surface area contributed by atoms with Crippen LogP contribution in [0.5, 0.6) is 5.75 Å². The van der Waals surface area contributed by atoms with E-state index in [0.717, 1.165) is 15.8 Å². The molecule has 2 rings (SSSR count). The molecule has 1 heterocycles. The summed E-state index contributed by atoms with van der Waals surface area (Å²) in [6, 6.07) is 7.27. The molecule has 0 bridgehead atoms. The zero-order valence-electron chi connectivity index (χ0n) is 9.26. The van der Waals surface area contributed by atoms with Gasteiger partial charge in [-0.1, -0.05) is 29.0 Å². The van der Waals surface area contributed by atoms with E-state index in [1.165, 1.54) is 11.3 Å². The second-order valence-corrected chi connectivity index (χ2v) is 4.99. The summed E-state index contributed by atoms with van der Waals surface area (Å²) < 4.78 is 5.72. The third-order valence-corrected chi connectivity index (χ3v) is 3.46. The standard InChI is InChI=1S/C11H12ClN3OS/c1-7(11-15-14-10(6-13)17-11)16-9-4-2-3-8(12)5-9/h2-5,7H,6,13H2,1H3. The van der Waals surface area contributed by atoms with Gasteiger partial charge >= 0.3 is 0 Å². The van der Waals surface area contributed by atoms with Crippen LogP contribution >= 0.6 is 22.9 Å². The molecule has 90 valence electrons. The number of hydrogen-bond acceptors (Lipinski definition) is 5. The molecule has 17 heavy (non-hydrogen) atoms. The Labute approximate surface area is 108 Å². The van der Waals surface area contributed by atoms with Crippen LogP contribution in [0.3, 0.4) is 0 Å². The van der Waals surface area contributed by atoms with Crippen LogP contribution in [0.15, 0.2) is 24.3 Å². The first-order chi connectivity index (χ1) is 8.19. The lowest BCUT2D eigenvalue weighted by atomic mass is 10.3. The van der Waals surface area contributed by atoms with Crippen molar-refractivity contribution >= 4 is 22.9 Å². The second-order valence-electron chi connectivity index (χ2n) is 3.46. The highest BCUT2D eigenvalue weighted by Gasteiger charge is 2.13. The molecule has 0 radical (unpaired) electrons. The monoisotopic (exact) mass is 269 g/mol. The molecule has 1 atom stereocenters. The van der Waals surface area contributed by atoms with Crippen LogP contribution < -0.4 is 10.5 Å². The second kappa shape index (κ2) is 5.44. The van der Waals surface area contributed by atoms with E-state index in [0.29, 0.717) is 11.6 Å². The normalized spacial score (nSPS) is 12.4. The summed E-state index contributed by atoms with van der Waals surface area (Å²) in [4.78, 5) is 0. The van der Waals surface area contributed by atoms with E-state index in [1.54, 1.807) is 12.1 Å². The molecule has 1 unspecified atom stereocenters. The average Bonchev–Trinajstić information content (AvgIpc) is 2.77. The number of halogens is 1. The number of hydrogen-bond donors (Lipinski definition) is 1. The molecular weight excluding hydrogens is 258 g/mol. The molecule has 1 aromatic heterocycles. The first kappa shape index (κ1) is 12.3. The van der Waals surface area contributed by atoms with Gasteiger partial charge in [0.05, 0.1) is 0 Å². The quantitative estimate of drug-likeness (QED) is 0.927. The van der Waals surface area contributed by atoms with Crippen LogP contribution in [0, 0.1) is 0 Å². The van der Waals surface area contributed by atoms with Gasteiger partial charge in [0, 0.05) is 11.6 Å². The maximum absolute atomic E-state index is 5.88. The lowest BCUT2D eigenvalue weighted by molar-refractivity contribution is 0.225. The number of ether oxygens (including phenoxy) is 1. The smallest absolute Gasteiger partial charge is 0.157 e. The van der Waals surface area contributed by atoms with Crippen molar-refractivity contribution in [3.05, 3.63) is 39.3 Å². The summed E-state index contributed by atoms with van der Waals surface area (Å²) in [7, 11) is 0. The van der Waals surface area contributed by atoms with Crippen molar-refractivity contribution in [2.75, 3.05) is 0 Å². The van der Waals surface area contributed by atoms with Crippen molar-refractivity contribution in [2.45, 2.75) is 19.6 Å². The molecule has 0 saturated carbocycles. The van der Waals surface area contributed by atoms with Crippen LogP contribution in [0.1, 0.15) is 23.0 Å². The predicted molar refractivity (Wildman–Crippen MR) is 68.3 cm³/mol. The van der Waals surface area contributed by atoms with Crippen LogP contribution in [0.25, 0.3) is 0 Å². The summed E-state index contributed by atoms with van der Waals surface area (Å²) in [5.41, 5.74) is 5.49. The van der Waals surface area contributed by atoms with E-state index < -0.39 is 0 Å². The van der Waals surface area contributed by atoms with Crippen LogP contribution in [0.2, 0.25) is 5.02 Å². The molecule has 6 heteroatoms. The van der Waals surface area contributed by atoms with E-state index in [2.05, 4.69) is 10.2 Å². The molecule has 4 nitrogen and oxygen atoms in total. The van der Waals surface area contributed by atoms with E-state index >= 15 is 0 Å². The van der Waals surface area contributed by atoms with Gasteiger partial charge in [-0.2, -0.15) is 0 Å². The van der Waals surface area contributed by atoms with E-state index in [9.17, 15) is 0 Å². The van der Waals surface area contributed by atoms with Gasteiger partial charge in [0.2, 0.25) is 0 Å². The van der Waals surface area contributed by atoms with Crippen LogP contribution in [-0.2, 0) is 6.54 Å². The zero-order valence-corrected chi connectivity index (χ0v) is 10.8. The molecule has 0 spiro atoms. The topological polar surface area (TPSA) is 61.0 Å². The molecule has 2 N–H and O–H groups in total. The lowest BCUT2D eigenvalue weighted by Gasteiger charge is -2.11. The van der Waals surface area contributed by atoms with E-state index in [4.69, 9.17) is 22.1 Å². The Morgan fingerprint density at radius 1 is 1.47 bits per heavy atom. The Balaban J connectivity index is 2.08. The van der Waals surface area contributed by atoms with Gasteiger partial charge in [0.25, 0.3) is 0 Å². The SMILES string of the molecule is CC(Oc1cccc(Cl)c1)c1nnc(CN)s1. The van der Waals surface area contributed by atoms with Crippen molar-refractivity contribution in [3.63, 3.8) is 0 Å². The van der Waals surface area contributed by atoms with Crippen molar-refractivity contribution in [3.8, 4) is 5.75 Å². The van der Waals surface area contributed by atoms with Gasteiger partial charge in [0.1, 0.15) is 16.9 Å². The largest absolute Gasteiger partial charge is 0.483 e. The number of nitrogens with two attached hydrogens (primary N) is 1. The first-order valence-electron chi connectivity index (χ1n) is 5.13. The summed E-state index contributed by atoms with van der Waals surface area (Å²) in [5, 5.41) is 10.3. The fourth-order valence-electron chi connectivity index (χ4n) is 1.31. The number of benzene rings is 1. The number of nitrogens with zero attached hydrogens (tertiary/aromatic N) is 2. The third-order valence-electron chi connectivity index (χ3n) is 2.11. The van der Waals surface area contributed by atoms with Gasteiger partial charge in [0.15, 0.2) is 5.01 Å². The maximum Gasteiger partial charge on any atom is 0.157 e. The van der Waals surface area contributed by atoms with Gasteiger partial charge in [-0.15, -0.1) is 10.2 Å². The summed E-state index contributed by atoms with van der Waals surface area (Å²) in [6.45, 7) is 2.32. The average molecular weight is 270 g/mol. The Hall–Kier alpha value is -1.17. The fourth-order valence-corrected chi connectivity index (χ4v) is 2.19. The van der Waals surface area contributed by atoms with Gasteiger partial charge < -0.3 is 10.5 Å². The first-order valence-corrected chi connectivity index (χ1v) is 6.33. The maximum atomic E-state index is 5.88. The number of aromatic nitrogens is 2. The molecule has 0 aliphatic rings. The lowest BCUT2D eigenvalue weighted by Crippen LogP contribution is -2.02. The molecule has 0 aliphatic carbocycles. The molecule has 0 saturated heterocycles. The Kier molecular flexibility index (Phi) is 3.93. The highest BCUT2D eigenvalue weighted by molar-refractivity contribution is 7.11. The highest BCUT2D eigenvalue weighted by atomic mass is 35.5. The van der Waals surface area contributed by atoms with Crippen molar-refractivity contribution in [1.82, 2.24) is 10.2 Å². The third kappa shape index (κ3) is 3.15. The van der Waals surface area contributed by atoms with Crippen molar-refractivity contribution in [2.24, 2.45) is 5.73 Å². The van der Waals surface area contributed by atoms with Crippen molar-refractivity contribution in [1.29, 1.82) is 0 Å². The van der Waals surface area contributed by atoms with Gasteiger partial charge in [-0.3, -0.25) is 0 Å². The van der Waals surface area contributed by atoms with E-state index in [-0.39, 0.29) is 6.10 Å². The fraction of sp³-hybridized carbons (Fsp3) is 0.273. The molecule has 0 aliphatic heterocycles. The summed E-state index contributed by atoms with van der Waals surface area (Å²) in [5.74, 6) is 0.717. The minimum Gasteiger partial charge on any atom is -0.483 e. The number of rotatable bonds is 4. The van der Waals surface area contributed by atoms with Crippen LogP contribution in [-0.4, -0.2) is 10.2 Å². The Morgan fingerprint density at radius 3 is 2.94 bits per heavy atom. The van der Waals surface area contributed by atoms with Gasteiger partial charge in [-0.05, 0) is 25.1 Å². The summed E-state index contributed by atoms with van der Waals surface area (Å²) in [6.07, 6.45) is -0.161. The molecule has 0 fully saturated rings. The minimum absolute atomic E-state index is 0.161. The minimum atomic E-state index is -0.161. The van der Waals surface area contributed by atoms with Crippen molar-refractivity contribution < 1.29 is 4.74 Å². The summed E-state index contributed by atoms with van der Waals surface area (Å²) >= 11 is 7.34. The molecule has 2 aromatic rings. The molecular formula is C11H12ClN3OS. The Morgan fingerprint density at radius 2 is 2.29 bits per heavy atom. The molecule has 1 aromatic carbocycles. The van der Waals surface area contributed by atoms with E-state index in [1.807, 2.05) is 19.1 Å². The predicted octanol–water partition coefficient (Wildman–Crippen LogP) is 2.79.